The molecule has 3 heterocycles. The molecule has 1 aromatic carbocycles. The average molecular weight is 367 g/mol. The van der Waals surface area contributed by atoms with Gasteiger partial charge in [0.25, 0.3) is 0 Å². The average Bonchev–Trinajstić information content (AvgIpc) is 3.21. The van der Waals surface area contributed by atoms with Gasteiger partial charge in [0.15, 0.2) is 0 Å². The number of piperidine rings is 1. The molecule has 144 valence electrons. The van der Waals surface area contributed by atoms with Gasteiger partial charge in [-0.05, 0) is 43.2 Å². The lowest BCUT2D eigenvalue weighted by atomic mass is 9.98. The van der Waals surface area contributed by atoms with Crippen molar-refractivity contribution in [3.05, 3.63) is 48.5 Å². The highest BCUT2D eigenvalue weighted by atomic mass is 16.2. The summed E-state index contributed by atoms with van der Waals surface area (Å²) in [5.74, 6) is 0.507. The molecular weight excluding hydrogens is 338 g/mol. The van der Waals surface area contributed by atoms with Crippen LogP contribution in [0.4, 0.5) is 10.5 Å². The fourth-order valence-corrected chi connectivity index (χ4v) is 4.34. The Morgan fingerprint density at radius 1 is 1.22 bits per heavy atom. The first-order valence-electron chi connectivity index (χ1n) is 10.1. The summed E-state index contributed by atoms with van der Waals surface area (Å²) >= 11 is 0. The van der Waals surface area contributed by atoms with Crippen LogP contribution in [0.15, 0.2) is 43.0 Å². The van der Waals surface area contributed by atoms with Crippen LogP contribution in [0.5, 0.6) is 0 Å². The number of rotatable bonds is 5. The second-order valence-electron chi connectivity index (χ2n) is 7.66. The van der Waals surface area contributed by atoms with Crippen LogP contribution in [0.25, 0.3) is 0 Å². The Labute approximate surface area is 161 Å². The summed E-state index contributed by atoms with van der Waals surface area (Å²) in [6, 6.07) is 8.70. The van der Waals surface area contributed by atoms with Gasteiger partial charge < -0.3 is 19.7 Å². The molecule has 2 aliphatic rings. The van der Waals surface area contributed by atoms with E-state index in [0.29, 0.717) is 12.5 Å². The number of aromatic nitrogens is 2. The number of amides is 2. The summed E-state index contributed by atoms with van der Waals surface area (Å²) in [6.07, 6.45) is 10.3. The fraction of sp³-hybridized carbons (Fsp3) is 0.524. The molecule has 0 unspecified atom stereocenters. The highest BCUT2D eigenvalue weighted by molar-refractivity contribution is 5.74. The second-order valence-corrected chi connectivity index (χ2v) is 7.66. The standard InChI is InChI=1S/C21H29N5O/c27-21(26-12-3-5-18(16-26)15-24-13-9-22-17-24)23-10-14-25-11-4-7-19-6-1-2-8-20(19)25/h1-2,6,8-9,13,17-18H,3-5,7,10-12,14-16H2,(H,23,27)/t18-/m0/s1. The van der Waals surface area contributed by atoms with E-state index in [4.69, 9.17) is 0 Å². The molecule has 6 nitrogen and oxygen atoms in total. The number of imidazole rings is 1. The summed E-state index contributed by atoms with van der Waals surface area (Å²) in [6.45, 7) is 5.26. The molecule has 1 saturated heterocycles. The minimum absolute atomic E-state index is 0.0793. The number of carbonyl (C=O) groups excluding carboxylic acids is 1. The Hall–Kier alpha value is -2.50. The van der Waals surface area contributed by atoms with Crippen LogP contribution in [0, 0.1) is 5.92 Å². The molecule has 2 amide bonds. The lowest BCUT2D eigenvalue weighted by Gasteiger charge is -2.34. The summed E-state index contributed by atoms with van der Waals surface area (Å²) in [5, 5.41) is 3.14. The molecule has 1 N–H and O–H groups in total. The number of hydrogen-bond donors (Lipinski definition) is 1. The first kappa shape index (κ1) is 17.9. The Balaban J connectivity index is 1.25. The van der Waals surface area contributed by atoms with Crippen molar-refractivity contribution in [3.63, 3.8) is 0 Å². The molecule has 1 atom stereocenters. The van der Waals surface area contributed by atoms with E-state index >= 15 is 0 Å². The van der Waals surface area contributed by atoms with E-state index in [1.165, 1.54) is 24.1 Å². The van der Waals surface area contributed by atoms with Crippen molar-refractivity contribution in [1.82, 2.24) is 19.8 Å². The maximum absolute atomic E-state index is 12.6. The first-order valence-corrected chi connectivity index (χ1v) is 10.1. The minimum Gasteiger partial charge on any atom is -0.370 e. The fourth-order valence-electron chi connectivity index (χ4n) is 4.34. The molecule has 2 aromatic rings. The van der Waals surface area contributed by atoms with Crippen molar-refractivity contribution in [2.45, 2.75) is 32.2 Å². The maximum Gasteiger partial charge on any atom is 0.317 e. The zero-order chi connectivity index (χ0) is 18.5. The molecule has 4 rings (SSSR count). The van der Waals surface area contributed by atoms with Gasteiger partial charge in [-0.2, -0.15) is 0 Å². The van der Waals surface area contributed by atoms with E-state index in [1.807, 2.05) is 23.6 Å². The zero-order valence-electron chi connectivity index (χ0n) is 15.9. The van der Waals surface area contributed by atoms with E-state index in [1.54, 1.807) is 0 Å². The van der Waals surface area contributed by atoms with E-state index in [9.17, 15) is 4.79 Å². The molecule has 0 spiro atoms. The van der Waals surface area contributed by atoms with E-state index < -0.39 is 0 Å². The van der Waals surface area contributed by atoms with Gasteiger partial charge in [-0.1, -0.05) is 18.2 Å². The van der Waals surface area contributed by atoms with Crippen molar-refractivity contribution in [2.24, 2.45) is 5.92 Å². The summed E-state index contributed by atoms with van der Waals surface area (Å²) in [5.41, 5.74) is 2.75. The smallest absolute Gasteiger partial charge is 0.317 e. The predicted octanol–water partition coefficient (Wildman–Crippen LogP) is 2.76. The molecule has 1 aromatic heterocycles. The Morgan fingerprint density at radius 2 is 2.15 bits per heavy atom. The number of urea groups is 1. The number of aryl methyl sites for hydroxylation is 1. The van der Waals surface area contributed by atoms with Gasteiger partial charge >= 0.3 is 6.03 Å². The van der Waals surface area contributed by atoms with Crippen LogP contribution in [0.1, 0.15) is 24.8 Å². The van der Waals surface area contributed by atoms with Crippen LogP contribution in [-0.2, 0) is 13.0 Å². The first-order chi connectivity index (χ1) is 13.3. The second kappa shape index (κ2) is 8.46. The number of nitrogens with zero attached hydrogens (tertiary/aromatic N) is 4. The molecule has 0 saturated carbocycles. The van der Waals surface area contributed by atoms with Gasteiger partial charge in [0.2, 0.25) is 0 Å². The SMILES string of the molecule is O=C(NCCN1CCCc2ccccc21)N1CCC[C@@H](Cn2ccnc2)C1. The maximum atomic E-state index is 12.6. The molecule has 1 fully saturated rings. The number of para-hydroxylation sites is 1. The third kappa shape index (κ3) is 4.43. The highest BCUT2D eigenvalue weighted by Gasteiger charge is 2.24. The number of anilines is 1. The van der Waals surface area contributed by atoms with Crippen molar-refractivity contribution in [1.29, 1.82) is 0 Å². The lowest BCUT2D eigenvalue weighted by Crippen LogP contribution is -2.48. The number of hydrogen-bond acceptors (Lipinski definition) is 3. The topological polar surface area (TPSA) is 53.4 Å². The van der Waals surface area contributed by atoms with Gasteiger partial charge in [-0.25, -0.2) is 9.78 Å². The number of benzene rings is 1. The summed E-state index contributed by atoms with van der Waals surface area (Å²) < 4.78 is 2.11. The third-order valence-corrected chi connectivity index (χ3v) is 5.70. The molecule has 2 aliphatic heterocycles. The van der Waals surface area contributed by atoms with Gasteiger partial charge in [-0.15, -0.1) is 0 Å². The van der Waals surface area contributed by atoms with Crippen LogP contribution in [0.2, 0.25) is 0 Å². The number of nitrogens with one attached hydrogen (secondary N) is 1. The predicted molar refractivity (Wildman–Crippen MR) is 107 cm³/mol. The van der Waals surface area contributed by atoms with Gasteiger partial charge in [0.1, 0.15) is 0 Å². The molecule has 27 heavy (non-hydrogen) atoms. The lowest BCUT2D eigenvalue weighted by molar-refractivity contribution is 0.159. The summed E-state index contributed by atoms with van der Waals surface area (Å²) in [4.78, 5) is 21.1. The largest absolute Gasteiger partial charge is 0.370 e. The molecule has 0 radical (unpaired) electrons. The van der Waals surface area contributed by atoms with Crippen LogP contribution < -0.4 is 10.2 Å². The van der Waals surface area contributed by atoms with Gasteiger partial charge in [0, 0.05) is 57.3 Å². The number of likely N-dealkylation sites (tertiary alicyclic amines) is 1. The highest BCUT2D eigenvalue weighted by Crippen LogP contribution is 2.26. The molecule has 0 aliphatic carbocycles. The summed E-state index contributed by atoms with van der Waals surface area (Å²) in [7, 11) is 0. The van der Waals surface area contributed by atoms with Crippen LogP contribution >= 0.6 is 0 Å². The van der Waals surface area contributed by atoms with Crippen molar-refractivity contribution in [2.75, 3.05) is 37.6 Å². The normalized spacial score (nSPS) is 19.6. The van der Waals surface area contributed by atoms with E-state index in [-0.39, 0.29) is 6.03 Å². The molecular formula is C21H29N5O. The zero-order valence-corrected chi connectivity index (χ0v) is 15.9. The van der Waals surface area contributed by atoms with E-state index in [0.717, 1.165) is 45.6 Å². The Bertz CT molecular complexity index is 745. The Kier molecular flexibility index (Phi) is 5.61. The Morgan fingerprint density at radius 3 is 3.04 bits per heavy atom. The van der Waals surface area contributed by atoms with Crippen molar-refractivity contribution in [3.8, 4) is 0 Å². The van der Waals surface area contributed by atoms with Gasteiger partial charge in [-0.3, -0.25) is 0 Å². The molecule has 0 bridgehead atoms. The number of fused-ring (bicyclic) bond motifs is 1. The molecule has 6 heteroatoms. The third-order valence-electron chi connectivity index (χ3n) is 5.70. The van der Waals surface area contributed by atoms with Gasteiger partial charge in [0.05, 0.1) is 6.33 Å². The van der Waals surface area contributed by atoms with E-state index in [2.05, 4.69) is 44.0 Å². The van der Waals surface area contributed by atoms with Crippen molar-refractivity contribution >= 4 is 11.7 Å². The monoisotopic (exact) mass is 367 g/mol. The number of carbonyl (C=O) groups is 1. The van der Waals surface area contributed by atoms with Crippen molar-refractivity contribution < 1.29 is 4.79 Å². The minimum atomic E-state index is 0.0793. The quantitative estimate of drug-likeness (QED) is 0.884. The van der Waals surface area contributed by atoms with Crippen LogP contribution in [-0.4, -0.2) is 53.2 Å². The van der Waals surface area contributed by atoms with Crippen LogP contribution in [0.3, 0.4) is 0 Å².